The van der Waals surface area contributed by atoms with Crippen molar-refractivity contribution in [1.29, 1.82) is 0 Å². The molecule has 0 atom stereocenters. The Balaban J connectivity index is 2.64. The molecule has 0 aliphatic rings. The minimum Gasteiger partial charge on any atom is -0.321 e. The fraction of sp³-hybridized carbons (Fsp3) is 0.429. The van der Waals surface area contributed by atoms with Crippen molar-refractivity contribution in [2.45, 2.75) is 20.4 Å². The van der Waals surface area contributed by atoms with Crippen molar-refractivity contribution in [3.63, 3.8) is 0 Å². The predicted octanol–water partition coefficient (Wildman–Crippen LogP) is 3.15. The van der Waals surface area contributed by atoms with Gasteiger partial charge in [0, 0.05) is 5.56 Å². The van der Waals surface area contributed by atoms with Crippen molar-refractivity contribution in [1.82, 2.24) is 0 Å². The van der Waals surface area contributed by atoms with E-state index in [1.54, 1.807) is 0 Å². The molecule has 82 valence electrons. The molecule has 1 rings (SSSR count). The Kier molecular flexibility index (Phi) is 4.10. The van der Waals surface area contributed by atoms with Gasteiger partial charge in [-0.05, 0) is 19.9 Å². The third-order valence-electron chi connectivity index (χ3n) is 2.57. The molecule has 0 fully saturated rings. The highest BCUT2D eigenvalue weighted by atomic mass is 15.3. The first-order valence-corrected chi connectivity index (χ1v) is 5.52. The maximum absolute atomic E-state index is 2.26. The summed E-state index contributed by atoms with van der Waals surface area (Å²) >= 11 is 0. The van der Waals surface area contributed by atoms with Crippen LogP contribution in [0.2, 0.25) is 0 Å². The minimum atomic E-state index is 1.01. The Bertz CT molecular complexity index is 320. The van der Waals surface area contributed by atoms with Gasteiger partial charge < -0.3 is 4.48 Å². The van der Waals surface area contributed by atoms with Crippen LogP contribution in [0.15, 0.2) is 36.4 Å². The van der Waals surface area contributed by atoms with Gasteiger partial charge in [0.1, 0.15) is 6.54 Å². The largest absolute Gasteiger partial charge is 0.321 e. The molecule has 0 saturated heterocycles. The maximum Gasteiger partial charge on any atom is 0.104 e. The molecule has 0 aromatic heterocycles. The average Bonchev–Trinajstić information content (AvgIpc) is 2.18. The Morgan fingerprint density at radius 1 is 1.13 bits per heavy atom. The molecule has 15 heavy (non-hydrogen) atoms. The molecule has 0 aliphatic heterocycles. The maximum atomic E-state index is 2.26. The first-order valence-electron chi connectivity index (χ1n) is 5.52. The van der Waals surface area contributed by atoms with Gasteiger partial charge in [-0.15, -0.1) is 0 Å². The van der Waals surface area contributed by atoms with Crippen LogP contribution in [-0.4, -0.2) is 25.1 Å². The molecule has 0 bridgehead atoms. The van der Waals surface area contributed by atoms with Gasteiger partial charge in [-0.25, -0.2) is 0 Å². The second kappa shape index (κ2) is 5.13. The standard InChI is InChI=1S/C14H22N/c1-5-6-11-15(3,4)12-14-9-7-13(2)8-10-14/h5-10H,11-12H2,1-4H3/q+1. The van der Waals surface area contributed by atoms with Crippen LogP contribution in [0.1, 0.15) is 18.1 Å². The van der Waals surface area contributed by atoms with E-state index < -0.39 is 0 Å². The summed E-state index contributed by atoms with van der Waals surface area (Å²) in [7, 11) is 4.53. The molecule has 1 heteroatoms. The Hall–Kier alpha value is -1.08. The van der Waals surface area contributed by atoms with Crippen molar-refractivity contribution >= 4 is 0 Å². The van der Waals surface area contributed by atoms with E-state index in [1.165, 1.54) is 11.1 Å². The van der Waals surface area contributed by atoms with Crippen LogP contribution in [0.25, 0.3) is 0 Å². The summed E-state index contributed by atoms with van der Waals surface area (Å²) in [4.78, 5) is 0. The zero-order chi connectivity index (χ0) is 11.3. The highest BCUT2D eigenvalue weighted by molar-refractivity contribution is 5.20. The molecule has 1 aromatic rings. The summed E-state index contributed by atoms with van der Waals surface area (Å²) in [6.45, 7) is 6.38. The molecular formula is C14H22N+. The van der Waals surface area contributed by atoms with Gasteiger partial charge in [0.05, 0.1) is 20.6 Å². The first kappa shape index (κ1) is 12.0. The molecule has 0 unspecified atom stereocenters. The summed E-state index contributed by atoms with van der Waals surface area (Å²) in [5.74, 6) is 0. The Labute approximate surface area is 93.6 Å². The number of aryl methyl sites for hydroxylation is 1. The van der Waals surface area contributed by atoms with Crippen LogP contribution in [0.4, 0.5) is 0 Å². The van der Waals surface area contributed by atoms with E-state index in [0.29, 0.717) is 0 Å². The molecule has 1 aromatic carbocycles. The predicted molar refractivity (Wildman–Crippen MR) is 66.7 cm³/mol. The van der Waals surface area contributed by atoms with Gasteiger partial charge in [-0.3, -0.25) is 0 Å². The average molecular weight is 204 g/mol. The van der Waals surface area contributed by atoms with Crippen molar-refractivity contribution < 1.29 is 4.48 Å². The summed E-state index contributed by atoms with van der Waals surface area (Å²) in [6, 6.07) is 8.83. The van der Waals surface area contributed by atoms with E-state index in [-0.39, 0.29) is 0 Å². The van der Waals surface area contributed by atoms with Gasteiger partial charge in [0.25, 0.3) is 0 Å². The summed E-state index contributed by atoms with van der Waals surface area (Å²) in [5.41, 5.74) is 2.74. The third-order valence-corrected chi connectivity index (χ3v) is 2.57. The highest BCUT2D eigenvalue weighted by Gasteiger charge is 2.13. The van der Waals surface area contributed by atoms with Gasteiger partial charge >= 0.3 is 0 Å². The van der Waals surface area contributed by atoms with Crippen LogP contribution in [0.5, 0.6) is 0 Å². The fourth-order valence-corrected chi connectivity index (χ4v) is 1.64. The van der Waals surface area contributed by atoms with Crippen LogP contribution in [0, 0.1) is 6.92 Å². The number of rotatable bonds is 4. The quantitative estimate of drug-likeness (QED) is 0.522. The second-order valence-corrected chi connectivity index (χ2v) is 4.83. The van der Waals surface area contributed by atoms with Gasteiger partial charge in [0.2, 0.25) is 0 Å². The van der Waals surface area contributed by atoms with Crippen molar-refractivity contribution in [3.05, 3.63) is 47.5 Å². The molecule has 0 spiro atoms. The third kappa shape index (κ3) is 4.30. The zero-order valence-electron chi connectivity index (χ0n) is 10.3. The Morgan fingerprint density at radius 2 is 1.73 bits per heavy atom. The molecule has 0 N–H and O–H groups in total. The van der Waals surface area contributed by atoms with Gasteiger partial charge in [0.15, 0.2) is 0 Å². The van der Waals surface area contributed by atoms with E-state index >= 15 is 0 Å². The van der Waals surface area contributed by atoms with Crippen LogP contribution in [0.3, 0.4) is 0 Å². The van der Waals surface area contributed by atoms with E-state index in [2.05, 4.69) is 64.4 Å². The number of quaternary nitrogens is 1. The smallest absolute Gasteiger partial charge is 0.104 e. The molecule has 0 heterocycles. The first-order chi connectivity index (χ1) is 7.03. The van der Waals surface area contributed by atoms with E-state index in [9.17, 15) is 0 Å². The summed E-state index contributed by atoms with van der Waals surface area (Å²) in [6.07, 6.45) is 4.35. The second-order valence-electron chi connectivity index (χ2n) is 4.83. The fourth-order valence-electron chi connectivity index (χ4n) is 1.64. The lowest BCUT2D eigenvalue weighted by Gasteiger charge is -2.28. The van der Waals surface area contributed by atoms with Crippen molar-refractivity contribution in [3.8, 4) is 0 Å². The molecule has 0 saturated carbocycles. The zero-order valence-corrected chi connectivity index (χ0v) is 10.3. The molecule has 1 nitrogen and oxygen atoms in total. The van der Waals surface area contributed by atoms with Gasteiger partial charge in [-0.2, -0.15) is 0 Å². The van der Waals surface area contributed by atoms with Crippen molar-refractivity contribution in [2.24, 2.45) is 0 Å². The molecule has 0 radical (unpaired) electrons. The topological polar surface area (TPSA) is 0 Å². The van der Waals surface area contributed by atoms with Crippen LogP contribution in [-0.2, 0) is 6.54 Å². The monoisotopic (exact) mass is 204 g/mol. The number of benzene rings is 1. The van der Waals surface area contributed by atoms with E-state index in [4.69, 9.17) is 0 Å². The number of hydrogen-bond donors (Lipinski definition) is 0. The molecule has 0 amide bonds. The molecule has 0 aliphatic carbocycles. The Morgan fingerprint density at radius 3 is 2.27 bits per heavy atom. The van der Waals surface area contributed by atoms with Gasteiger partial charge in [-0.1, -0.05) is 35.9 Å². The lowest BCUT2D eigenvalue weighted by atomic mass is 10.1. The lowest BCUT2D eigenvalue weighted by molar-refractivity contribution is -0.897. The van der Waals surface area contributed by atoms with Crippen LogP contribution >= 0.6 is 0 Å². The summed E-state index contributed by atoms with van der Waals surface area (Å²) in [5, 5.41) is 0. The SMILES string of the molecule is CC=CC[N+](C)(C)Cc1ccc(C)cc1. The number of hydrogen-bond acceptors (Lipinski definition) is 0. The normalized spacial score (nSPS) is 12.3. The lowest BCUT2D eigenvalue weighted by Crippen LogP contribution is -2.38. The van der Waals surface area contributed by atoms with E-state index in [1.807, 2.05) is 0 Å². The summed E-state index contributed by atoms with van der Waals surface area (Å²) < 4.78 is 1.01. The number of allylic oxidation sites excluding steroid dienone is 1. The highest BCUT2D eigenvalue weighted by Crippen LogP contribution is 2.10. The molecular weight excluding hydrogens is 182 g/mol. The number of nitrogens with zero attached hydrogens (tertiary/aromatic N) is 1. The number of likely N-dealkylation sites (N-methyl/N-ethyl adjacent to an activating group) is 1. The van der Waals surface area contributed by atoms with Crippen LogP contribution < -0.4 is 0 Å². The van der Waals surface area contributed by atoms with Crippen molar-refractivity contribution in [2.75, 3.05) is 20.6 Å². The minimum absolute atomic E-state index is 1.01. The van der Waals surface area contributed by atoms with E-state index in [0.717, 1.165) is 17.6 Å².